The number of hydrogen-bond acceptors (Lipinski definition) is 2. The summed E-state index contributed by atoms with van der Waals surface area (Å²) < 4.78 is 21.5. The maximum atomic E-state index is 10.8. The van der Waals surface area contributed by atoms with Crippen LogP contribution in [0, 0.1) is 0 Å². The van der Waals surface area contributed by atoms with Gasteiger partial charge in [0.15, 0.2) is 9.84 Å². The maximum Gasteiger partial charge on any atom is 0.199 e. The fraction of sp³-hybridized carbons (Fsp3) is 0. The summed E-state index contributed by atoms with van der Waals surface area (Å²) in [5, 5.41) is 1.16. The molecule has 0 spiro atoms. The lowest BCUT2D eigenvalue weighted by molar-refractivity contribution is 0.611. The molecule has 48 valence electrons. The molecule has 0 aromatic carbocycles. The van der Waals surface area contributed by atoms with Gasteiger partial charge in [0, 0.05) is 5.41 Å². The molecule has 0 aromatic rings. The van der Waals surface area contributed by atoms with E-state index in [0.29, 0.717) is 0 Å². The molecule has 9 heavy (non-hydrogen) atoms. The van der Waals surface area contributed by atoms with Gasteiger partial charge in [0.1, 0.15) is 0 Å². The first-order valence-electron chi connectivity index (χ1n) is 2.43. The molecule has 0 bridgehead atoms. The average Bonchev–Trinajstić information content (AvgIpc) is 2.08. The molecular weight excluding hydrogens is 136 g/mol. The third-order valence-corrected chi connectivity index (χ3v) is 2.52. The van der Waals surface area contributed by atoms with E-state index in [2.05, 4.69) is 6.58 Å². The lowest BCUT2D eigenvalue weighted by atomic mass is 10.5. The van der Waals surface area contributed by atoms with E-state index >= 15 is 0 Å². The minimum Gasteiger partial charge on any atom is -0.219 e. The van der Waals surface area contributed by atoms with Crippen molar-refractivity contribution < 1.29 is 8.42 Å². The van der Waals surface area contributed by atoms with Crippen molar-refractivity contribution in [1.82, 2.24) is 0 Å². The molecule has 1 heterocycles. The summed E-state index contributed by atoms with van der Waals surface area (Å²) in [4.78, 5) is 0.280. The summed E-state index contributed by atoms with van der Waals surface area (Å²) in [6.45, 7) is 3.35. The second-order valence-electron chi connectivity index (χ2n) is 1.65. The molecule has 1 rings (SSSR count). The monoisotopic (exact) mass is 142 g/mol. The van der Waals surface area contributed by atoms with Crippen LogP contribution in [0.25, 0.3) is 0 Å². The zero-order chi connectivity index (χ0) is 6.91. The van der Waals surface area contributed by atoms with E-state index in [1.165, 1.54) is 18.2 Å². The van der Waals surface area contributed by atoms with Gasteiger partial charge in [-0.2, -0.15) is 0 Å². The third kappa shape index (κ3) is 0.954. The fourth-order valence-corrected chi connectivity index (χ4v) is 1.54. The van der Waals surface area contributed by atoms with Crippen molar-refractivity contribution in [2.75, 3.05) is 0 Å². The van der Waals surface area contributed by atoms with Gasteiger partial charge < -0.3 is 0 Å². The minimum atomic E-state index is -3.07. The fourth-order valence-electron chi connectivity index (χ4n) is 0.595. The zero-order valence-electron chi connectivity index (χ0n) is 4.74. The van der Waals surface area contributed by atoms with Crippen LogP contribution in [-0.4, -0.2) is 8.42 Å². The van der Waals surface area contributed by atoms with E-state index in [4.69, 9.17) is 0 Å². The van der Waals surface area contributed by atoms with Gasteiger partial charge in [-0.05, 0) is 12.2 Å². The van der Waals surface area contributed by atoms with E-state index in [1.54, 1.807) is 0 Å². The lowest BCUT2D eigenvalue weighted by Gasteiger charge is -1.88. The first kappa shape index (κ1) is 6.29. The Hall–Kier alpha value is -0.830. The molecule has 0 aromatic heterocycles. The second kappa shape index (κ2) is 1.84. The highest BCUT2D eigenvalue weighted by Crippen LogP contribution is 2.15. The van der Waals surface area contributed by atoms with Crippen LogP contribution in [0.4, 0.5) is 0 Å². The van der Waals surface area contributed by atoms with Crippen LogP contribution in [-0.2, 0) is 9.84 Å². The zero-order valence-corrected chi connectivity index (χ0v) is 5.56. The number of hydrogen-bond donors (Lipinski definition) is 0. The van der Waals surface area contributed by atoms with Crippen molar-refractivity contribution in [3.05, 3.63) is 35.1 Å². The van der Waals surface area contributed by atoms with Gasteiger partial charge in [-0.25, -0.2) is 8.42 Å². The Bertz CT molecular complexity index is 280. The Morgan fingerprint density at radius 3 is 2.44 bits per heavy atom. The topological polar surface area (TPSA) is 34.1 Å². The molecule has 0 amide bonds. The molecule has 0 aliphatic carbocycles. The molecule has 0 saturated heterocycles. The first-order chi connectivity index (χ1) is 4.17. The van der Waals surface area contributed by atoms with Crippen molar-refractivity contribution in [2.45, 2.75) is 0 Å². The third-order valence-electron chi connectivity index (χ3n) is 1.05. The summed E-state index contributed by atoms with van der Waals surface area (Å²) in [5.74, 6) is 0. The van der Waals surface area contributed by atoms with Crippen molar-refractivity contribution in [3.8, 4) is 0 Å². The van der Waals surface area contributed by atoms with Crippen LogP contribution in [0.5, 0.6) is 0 Å². The van der Waals surface area contributed by atoms with Crippen molar-refractivity contribution in [3.63, 3.8) is 0 Å². The van der Waals surface area contributed by atoms with Gasteiger partial charge in [0.25, 0.3) is 0 Å². The smallest absolute Gasteiger partial charge is 0.199 e. The Balaban J connectivity index is 3.21. The molecule has 1 aliphatic heterocycles. The Morgan fingerprint density at radius 1 is 1.56 bits per heavy atom. The predicted molar refractivity (Wildman–Crippen MR) is 36.3 cm³/mol. The molecule has 3 heteroatoms. The Kier molecular flexibility index (Phi) is 1.29. The first-order valence-corrected chi connectivity index (χ1v) is 3.97. The van der Waals surface area contributed by atoms with Crippen LogP contribution >= 0.6 is 0 Å². The number of sulfone groups is 1. The van der Waals surface area contributed by atoms with Gasteiger partial charge in [-0.3, -0.25) is 0 Å². The van der Waals surface area contributed by atoms with Crippen LogP contribution in [0.2, 0.25) is 0 Å². The lowest BCUT2D eigenvalue weighted by Crippen LogP contribution is -1.91. The molecule has 0 N–H and O–H groups in total. The Morgan fingerprint density at radius 2 is 2.22 bits per heavy atom. The van der Waals surface area contributed by atoms with Gasteiger partial charge >= 0.3 is 0 Å². The van der Waals surface area contributed by atoms with Crippen molar-refractivity contribution in [2.24, 2.45) is 0 Å². The molecule has 0 unspecified atom stereocenters. The summed E-state index contributed by atoms with van der Waals surface area (Å²) in [7, 11) is -3.07. The minimum absolute atomic E-state index is 0.280. The van der Waals surface area contributed by atoms with Crippen LogP contribution in [0.1, 0.15) is 0 Å². The highest BCUT2D eigenvalue weighted by atomic mass is 32.2. The average molecular weight is 142 g/mol. The molecule has 0 saturated carbocycles. The normalized spacial score (nSPS) is 21.6. The highest BCUT2D eigenvalue weighted by molar-refractivity contribution is 7.98. The van der Waals surface area contributed by atoms with E-state index in [1.807, 2.05) is 0 Å². The van der Waals surface area contributed by atoms with Gasteiger partial charge in [-0.15, -0.1) is 0 Å². The standard InChI is InChI=1S/C6H6O2S/c1-2-6-4-3-5-9(6,7)8/h2-5H,1H2. The number of rotatable bonds is 1. The number of allylic oxidation sites excluding steroid dienone is 3. The highest BCUT2D eigenvalue weighted by Gasteiger charge is 2.13. The van der Waals surface area contributed by atoms with Gasteiger partial charge in [0.05, 0.1) is 4.91 Å². The summed E-state index contributed by atoms with van der Waals surface area (Å²) in [6, 6.07) is 0. The molecule has 2 nitrogen and oxygen atoms in total. The van der Waals surface area contributed by atoms with Crippen LogP contribution in [0.3, 0.4) is 0 Å². The molecule has 0 radical (unpaired) electrons. The summed E-state index contributed by atoms with van der Waals surface area (Å²) >= 11 is 0. The van der Waals surface area contributed by atoms with E-state index in [-0.39, 0.29) is 4.91 Å². The van der Waals surface area contributed by atoms with E-state index in [9.17, 15) is 8.42 Å². The predicted octanol–water partition coefficient (Wildman–Crippen LogP) is 0.998. The Labute approximate surface area is 54.1 Å². The molecule has 0 atom stereocenters. The van der Waals surface area contributed by atoms with Gasteiger partial charge in [0.2, 0.25) is 0 Å². The molecule has 1 aliphatic rings. The van der Waals surface area contributed by atoms with E-state index in [0.717, 1.165) is 5.41 Å². The molecular formula is C6H6O2S. The van der Waals surface area contributed by atoms with E-state index < -0.39 is 9.84 Å². The maximum absolute atomic E-state index is 10.8. The van der Waals surface area contributed by atoms with Crippen LogP contribution < -0.4 is 0 Å². The van der Waals surface area contributed by atoms with Gasteiger partial charge in [-0.1, -0.05) is 12.7 Å². The second-order valence-corrected chi connectivity index (χ2v) is 3.48. The molecule has 0 fully saturated rings. The van der Waals surface area contributed by atoms with Crippen LogP contribution in [0.15, 0.2) is 35.1 Å². The summed E-state index contributed by atoms with van der Waals surface area (Å²) in [5.41, 5.74) is 0. The van der Waals surface area contributed by atoms with Crippen molar-refractivity contribution in [1.29, 1.82) is 0 Å². The quantitative estimate of drug-likeness (QED) is 0.547. The summed E-state index contributed by atoms with van der Waals surface area (Å²) in [6.07, 6.45) is 4.34. The SMILES string of the molecule is C=CC1=CC=CS1(=O)=O. The van der Waals surface area contributed by atoms with Crippen molar-refractivity contribution >= 4 is 9.84 Å². The largest absolute Gasteiger partial charge is 0.219 e.